The summed E-state index contributed by atoms with van der Waals surface area (Å²) >= 11 is 0. The zero-order valence-electron chi connectivity index (χ0n) is 13.8. The second-order valence-corrected chi connectivity index (χ2v) is 6.52. The topological polar surface area (TPSA) is 45.0 Å². The number of amides is 1. The molecule has 1 atom stereocenters. The zero-order chi connectivity index (χ0) is 18.4. The molecule has 0 bridgehead atoms. The molecule has 26 heavy (non-hydrogen) atoms. The summed E-state index contributed by atoms with van der Waals surface area (Å²) in [4.78, 5) is 14.1. The fourth-order valence-corrected chi connectivity index (χ4v) is 3.52. The van der Waals surface area contributed by atoms with Crippen LogP contribution in [-0.2, 0) is 0 Å². The minimum Gasteiger partial charge on any atom is -0.331 e. The molecule has 0 N–H and O–H groups in total. The number of alkyl halides is 3. The van der Waals surface area contributed by atoms with Gasteiger partial charge in [0.2, 0.25) is 0 Å². The van der Waals surface area contributed by atoms with Crippen LogP contribution >= 0.6 is 0 Å². The van der Waals surface area contributed by atoms with Crippen molar-refractivity contribution in [3.63, 3.8) is 0 Å². The Balaban J connectivity index is 1.56. The normalized spacial score (nSPS) is 21.0. The molecule has 7 heteroatoms. The van der Waals surface area contributed by atoms with Crippen LogP contribution in [0.15, 0.2) is 64.8 Å². The molecule has 0 saturated carbocycles. The largest absolute Gasteiger partial charge is 0.439 e. The molecular weight excluding hydrogens is 343 g/mol. The molecule has 4 rings (SSSR count). The molecule has 2 aliphatic heterocycles. The van der Waals surface area contributed by atoms with E-state index < -0.39 is 23.8 Å². The van der Waals surface area contributed by atoms with Gasteiger partial charge in [-0.25, -0.2) is 0 Å². The van der Waals surface area contributed by atoms with Gasteiger partial charge in [0.25, 0.3) is 5.91 Å². The highest BCUT2D eigenvalue weighted by molar-refractivity contribution is 5.95. The summed E-state index contributed by atoms with van der Waals surface area (Å²) in [5.41, 5.74) is -0.103. The number of benzene rings is 2. The maximum atomic E-state index is 13.3. The number of rotatable bonds is 3. The van der Waals surface area contributed by atoms with E-state index in [1.807, 2.05) is 30.3 Å². The second-order valence-electron chi connectivity index (χ2n) is 6.52. The van der Waals surface area contributed by atoms with Crippen molar-refractivity contribution < 1.29 is 18.0 Å². The third kappa shape index (κ3) is 2.67. The third-order valence-corrected chi connectivity index (χ3v) is 4.95. The van der Waals surface area contributed by atoms with Crippen molar-refractivity contribution in [1.82, 2.24) is 4.90 Å². The van der Waals surface area contributed by atoms with Gasteiger partial charge in [-0.15, -0.1) is 10.2 Å². The second kappa shape index (κ2) is 5.93. The molecular formula is C19H16F3N3O. The molecule has 0 aliphatic carbocycles. The Morgan fingerprint density at radius 1 is 1.00 bits per heavy atom. The Kier molecular flexibility index (Phi) is 3.82. The van der Waals surface area contributed by atoms with E-state index in [4.69, 9.17) is 0 Å². The van der Waals surface area contributed by atoms with Crippen LogP contribution in [0.5, 0.6) is 0 Å². The van der Waals surface area contributed by atoms with Crippen LogP contribution in [-0.4, -0.2) is 35.2 Å². The number of nitrogens with zero attached hydrogens (tertiary/aromatic N) is 3. The van der Waals surface area contributed by atoms with Gasteiger partial charge in [-0.1, -0.05) is 42.5 Å². The predicted molar refractivity (Wildman–Crippen MR) is 89.6 cm³/mol. The molecule has 134 valence electrons. The Hall–Kier alpha value is -2.70. The summed E-state index contributed by atoms with van der Waals surface area (Å²) in [6.07, 6.45) is -3.81. The molecule has 1 saturated heterocycles. The van der Waals surface area contributed by atoms with Crippen LogP contribution in [0, 0.1) is 0 Å². The summed E-state index contributed by atoms with van der Waals surface area (Å²) in [7, 11) is 0. The van der Waals surface area contributed by atoms with E-state index in [0.717, 1.165) is 11.1 Å². The summed E-state index contributed by atoms with van der Waals surface area (Å²) < 4.78 is 39.9. The zero-order valence-corrected chi connectivity index (χ0v) is 13.8. The van der Waals surface area contributed by atoms with Crippen molar-refractivity contribution in [2.45, 2.75) is 30.7 Å². The Bertz CT molecular complexity index is 841. The van der Waals surface area contributed by atoms with E-state index in [0.29, 0.717) is 12.0 Å². The molecule has 1 amide bonds. The molecule has 2 heterocycles. The van der Waals surface area contributed by atoms with Crippen LogP contribution in [0.4, 0.5) is 13.2 Å². The first-order chi connectivity index (χ1) is 12.4. The van der Waals surface area contributed by atoms with Gasteiger partial charge in [-0.3, -0.25) is 4.79 Å². The van der Waals surface area contributed by atoms with E-state index >= 15 is 0 Å². The lowest BCUT2D eigenvalue weighted by atomic mass is 10.00. The van der Waals surface area contributed by atoms with Crippen molar-refractivity contribution in [3.8, 4) is 11.1 Å². The Morgan fingerprint density at radius 3 is 2.19 bits per heavy atom. The first-order valence-electron chi connectivity index (χ1n) is 8.40. The molecule has 1 unspecified atom stereocenters. The van der Waals surface area contributed by atoms with E-state index in [1.165, 1.54) is 4.90 Å². The Labute approximate surface area is 148 Å². The lowest BCUT2D eigenvalue weighted by molar-refractivity contribution is -0.175. The fourth-order valence-electron chi connectivity index (χ4n) is 3.52. The molecule has 0 spiro atoms. The minimum atomic E-state index is -4.57. The number of halogens is 3. The molecule has 0 aromatic heterocycles. The van der Waals surface area contributed by atoms with Crippen molar-refractivity contribution in [1.29, 1.82) is 0 Å². The number of likely N-dealkylation sites (tertiary alicyclic amines) is 1. The highest BCUT2D eigenvalue weighted by atomic mass is 19.4. The van der Waals surface area contributed by atoms with E-state index in [-0.39, 0.29) is 13.0 Å². The molecule has 2 aliphatic rings. The Morgan fingerprint density at radius 2 is 1.62 bits per heavy atom. The monoisotopic (exact) mass is 359 g/mol. The molecule has 4 nitrogen and oxygen atoms in total. The smallest absolute Gasteiger partial charge is 0.331 e. The van der Waals surface area contributed by atoms with Crippen molar-refractivity contribution in [2.24, 2.45) is 10.2 Å². The maximum absolute atomic E-state index is 13.3. The first-order valence-corrected chi connectivity index (χ1v) is 8.40. The van der Waals surface area contributed by atoms with Crippen LogP contribution in [0.25, 0.3) is 11.1 Å². The van der Waals surface area contributed by atoms with Gasteiger partial charge in [-0.2, -0.15) is 13.2 Å². The van der Waals surface area contributed by atoms with Crippen LogP contribution < -0.4 is 0 Å². The van der Waals surface area contributed by atoms with Gasteiger partial charge in [0.15, 0.2) is 0 Å². The average molecular weight is 359 g/mol. The first kappa shape index (κ1) is 16.8. The quantitative estimate of drug-likeness (QED) is 0.785. The van der Waals surface area contributed by atoms with E-state index in [9.17, 15) is 18.0 Å². The highest BCUT2D eigenvalue weighted by Crippen LogP contribution is 2.51. The number of hydrogen-bond acceptors (Lipinski definition) is 3. The van der Waals surface area contributed by atoms with Crippen LogP contribution in [0.1, 0.15) is 23.2 Å². The van der Waals surface area contributed by atoms with Crippen molar-refractivity contribution in [3.05, 3.63) is 60.2 Å². The standard InChI is InChI=1S/C19H16F3N3O/c20-19(21,22)18(23-24-18)16-7-4-12-25(16)17(26)15-10-8-14(9-11-15)13-5-2-1-3-6-13/h1-3,5-6,8-11,16H,4,7,12H2. The third-order valence-electron chi connectivity index (χ3n) is 4.95. The summed E-state index contributed by atoms with van der Waals surface area (Å²) in [6, 6.07) is 15.5. The van der Waals surface area contributed by atoms with Crippen LogP contribution in [0.2, 0.25) is 0 Å². The van der Waals surface area contributed by atoms with E-state index in [2.05, 4.69) is 10.2 Å². The van der Waals surface area contributed by atoms with Gasteiger partial charge in [0.1, 0.15) is 0 Å². The molecule has 1 fully saturated rings. The summed E-state index contributed by atoms with van der Waals surface area (Å²) in [5.74, 6) is -0.409. The van der Waals surface area contributed by atoms with Gasteiger partial charge in [-0.05, 0) is 36.1 Å². The highest BCUT2D eigenvalue weighted by Gasteiger charge is 2.70. The van der Waals surface area contributed by atoms with Gasteiger partial charge < -0.3 is 4.90 Å². The number of carbonyl (C=O) groups excluding carboxylic acids is 1. The lowest BCUT2D eigenvalue weighted by Gasteiger charge is -2.29. The maximum Gasteiger partial charge on any atom is 0.439 e. The molecule has 2 aromatic rings. The predicted octanol–water partition coefficient (Wildman–Crippen LogP) is 4.68. The van der Waals surface area contributed by atoms with Gasteiger partial charge >= 0.3 is 11.8 Å². The molecule has 2 aromatic carbocycles. The van der Waals surface area contributed by atoms with Gasteiger partial charge in [0, 0.05) is 12.1 Å². The van der Waals surface area contributed by atoms with E-state index in [1.54, 1.807) is 24.3 Å². The number of hydrogen-bond donors (Lipinski definition) is 0. The van der Waals surface area contributed by atoms with Crippen molar-refractivity contribution in [2.75, 3.05) is 6.54 Å². The number of carbonyl (C=O) groups is 1. The van der Waals surface area contributed by atoms with Crippen LogP contribution in [0.3, 0.4) is 0 Å². The lowest BCUT2D eigenvalue weighted by Crippen LogP contribution is -2.52. The van der Waals surface area contributed by atoms with Gasteiger partial charge in [0.05, 0.1) is 6.04 Å². The average Bonchev–Trinajstić information content (AvgIpc) is 3.33. The summed E-state index contributed by atoms with van der Waals surface area (Å²) in [6.45, 7) is 0.285. The fraction of sp³-hybridized carbons (Fsp3) is 0.316. The summed E-state index contributed by atoms with van der Waals surface area (Å²) in [5, 5.41) is 6.55. The minimum absolute atomic E-state index is 0.250. The molecule has 0 radical (unpaired) electrons. The van der Waals surface area contributed by atoms with Crippen molar-refractivity contribution >= 4 is 5.91 Å². The SMILES string of the molecule is O=C(c1ccc(-c2ccccc2)cc1)N1CCCC1C1(C(F)(F)F)N=N1.